The lowest BCUT2D eigenvalue weighted by molar-refractivity contribution is 0.107. The number of phenolic OH excluding ortho intramolecular Hbond substituents is 1. The van der Waals surface area contributed by atoms with E-state index in [0.717, 1.165) is 58.3 Å². The number of nitrogens with zero attached hydrogens (tertiary/aromatic N) is 5. The van der Waals surface area contributed by atoms with Crippen molar-refractivity contribution in [3.8, 4) is 22.9 Å². The fourth-order valence-electron chi connectivity index (χ4n) is 8.97. The summed E-state index contributed by atoms with van der Waals surface area (Å²) in [4.78, 5) is 18.1. The van der Waals surface area contributed by atoms with Crippen LogP contribution < -0.4 is 9.64 Å². The Morgan fingerprint density at radius 3 is 2.37 bits per heavy atom. The van der Waals surface area contributed by atoms with E-state index in [1.54, 1.807) is 0 Å². The molecule has 2 bridgehead atoms. The average Bonchev–Trinajstić information content (AvgIpc) is 3.73. The molecule has 4 aliphatic heterocycles. The van der Waals surface area contributed by atoms with Crippen molar-refractivity contribution in [3.63, 3.8) is 0 Å². The highest BCUT2D eigenvalue weighted by molar-refractivity contribution is 6.01. The summed E-state index contributed by atoms with van der Waals surface area (Å²) in [6.07, 6.45) is 7.29. The van der Waals surface area contributed by atoms with Crippen LogP contribution in [0, 0.1) is 0 Å². The summed E-state index contributed by atoms with van der Waals surface area (Å²) in [7, 11) is 0. The Hall–Kier alpha value is -4.20. The molecule has 234 valence electrons. The monoisotopic (exact) mass is 611 g/mol. The van der Waals surface area contributed by atoms with Crippen LogP contribution in [-0.2, 0) is 6.54 Å². The van der Waals surface area contributed by atoms with Crippen molar-refractivity contribution < 1.29 is 9.84 Å². The number of phenols is 1. The molecule has 7 heteroatoms. The number of piperazine rings is 1. The lowest BCUT2D eigenvalue weighted by Gasteiger charge is -2.42. The first-order valence-electron chi connectivity index (χ1n) is 17.1. The fourth-order valence-corrected chi connectivity index (χ4v) is 8.97. The number of anilines is 1. The highest BCUT2D eigenvalue weighted by atomic mass is 16.5. The largest absolute Gasteiger partial charge is 0.508 e. The number of aromatic nitrogens is 2. The van der Waals surface area contributed by atoms with E-state index in [1.807, 2.05) is 24.3 Å². The van der Waals surface area contributed by atoms with E-state index in [4.69, 9.17) is 14.7 Å². The van der Waals surface area contributed by atoms with Crippen LogP contribution in [0.3, 0.4) is 0 Å². The molecular weight excluding hydrogens is 570 g/mol. The van der Waals surface area contributed by atoms with Crippen molar-refractivity contribution in [3.05, 3.63) is 90.5 Å². The molecule has 1 N–H and O–H groups in total. The molecule has 0 spiro atoms. The van der Waals surface area contributed by atoms with Crippen LogP contribution >= 0.6 is 0 Å². The van der Waals surface area contributed by atoms with E-state index in [-0.39, 0.29) is 11.3 Å². The highest BCUT2D eigenvalue weighted by Crippen LogP contribution is 2.41. The molecule has 0 saturated carbocycles. The Bertz CT molecular complexity index is 1890. The number of fused-ring (bicyclic) bond motifs is 5. The Kier molecular flexibility index (Phi) is 6.86. The van der Waals surface area contributed by atoms with Gasteiger partial charge >= 0.3 is 6.01 Å². The van der Waals surface area contributed by atoms with Crippen molar-refractivity contribution in [1.82, 2.24) is 19.8 Å². The number of hydrogen-bond donors (Lipinski definition) is 1. The predicted molar refractivity (Wildman–Crippen MR) is 183 cm³/mol. The SMILES string of the molecule is Oc1cc(-c2ccc3c(N4C[C@H]5CC[C@@H](C4)N5Cc4ccccc4)nc(OCC45CCCN4CCC5)nc3c2)c2ccccc2c1. The topological polar surface area (TPSA) is 65.0 Å². The molecule has 0 radical (unpaired) electrons. The third kappa shape index (κ3) is 4.88. The maximum absolute atomic E-state index is 10.6. The van der Waals surface area contributed by atoms with Gasteiger partial charge in [-0.2, -0.15) is 9.97 Å². The van der Waals surface area contributed by atoms with E-state index >= 15 is 0 Å². The minimum Gasteiger partial charge on any atom is -0.508 e. The van der Waals surface area contributed by atoms with Gasteiger partial charge in [-0.3, -0.25) is 9.80 Å². The molecule has 5 heterocycles. The van der Waals surface area contributed by atoms with Gasteiger partial charge in [-0.1, -0.05) is 60.7 Å². The standard InChI is InChI=1S/C39H41N5O2/c45-32-20-28-10-4-5-11-33(28)35(22-32)29-12-15-34-36(21-29)40-38(46-26-39-16-6-18-43(39)19-7-17-39)41-37(34)42-24-30-13-14-31(25-42)44(30)23-27-8-2-1-3-9-27/h1-5,8-12,15,20-22,30-31,45H,6-7,13-14,16-19,23-26H2/t30-,31+. The summed E-state index contributed by atoms with van der Waals surface area (Å²) < 4.78 is 6.60. The predicted octanol–water partition coefficient (Wildman–Crippen LogP) is 7.02. The van der Waals surface area contributed by atoms with E-state index in [1.165, 1.54) is 57.2 Å². The van der Waals surface area contributed by atoms with Gasteiger partial charge in [0.2, 0.25) is 0 Å². The molecule has 9 rings (SSSR count). The van der Waals surface area contributed by atoms with Gasteiger partial charge in [-0.15, -0.1) is 0 Å². The minimum atomic E-state index is 0.128. The van der Waals surface area contributed by atoms with Gasteiger partial charge in [-0.05, 0) is 103 Å². The second-order valence-electron chi connectivity index (χ2n) is 13.9. The molecule has 0 amide bonds. The first-order chi connectivity index (χ1) is 22.6. The number of hydrogen-bond acceptors (Lipinski definition) is 7. The quantitative estimate of drug-likeness (QED) is 0.212. The van der Waals surface area contributed by atoms with Crippen LogP contribution in [-0.4, -0.2) is 75.3 Å². The number of rotatable bonds is 7. The second-order valence-corrected chi connectivity index (χ2v) is 13.9. The van der Waals surface area contributed by atoms with Gasteiger partial charge in [0.1, 0.15) is 18.2 Å². The van der Waals surface area contributed by atoms with Crippen LogP contribution in [0.5, 0.6) is 11.8 Å². The Balaban J connectivity index is 1.09. The summed E-state index contributed by atoms with van der Waals surface area (Å²) in [5.41, 5.74) is 4.42. The summed E-state index contributed by atoms with van der Waals surface area (Å²) in [5, 5.41) is 13.8. The van der Waals surface area contributed by atoms with Crippen LogP contribution in [0.25, 0.3) is 32.8 Å². The van der Waals surface area contributed by atoms with E-state index in [9.17, 15) is 5.11 Å². The number of aromatic hydroxyl groups is 1. The minimum absolute atomic E-state index is 0.128. The van der Waals surface area contributed by atoms with Crippen molar-refractivity contribution in [2.75, 3.05) is 37.7 Å². The summed E-state index contributed by atoms with van der Waals surface area (Å²) in [5.74, 6) is 1.25. The molecular formula is C39H41N5O2. The molecule has 46 heavy (non-hydrogen) atoms. The van der Waals surface area contributed by atoms with Gasteiger partial charge in [0.25, 0.3) is 0 Å². The first kappa shape index (κ1) is 28.1. The number of ether oxygens (including phenoxy) is 1. The first-order valence-corrected chi connectivity index (χ1v) is 17.1. The van der Waals surface area contributed by atoms with Gasteiger partial charge in [0.05, 0.1) is 11.1 Å². The fraction of sp³-hybridized carbons (Fsp3) is 0.385. The van der Waals surface area contributed by atoms with Crippen molar-refractivity contribution in [2.24, 2.45) is 0 Å². The Morgan fingerprint density at radius 1 is 0.804 bits per heavy atom. The molecule has 7 nitrogen and oxygen atoms in total. The summed E-state index contributed by atoms with van der Waals surface area (Å²) >= 11 is 0. The third-order valence-electron chi connectivity index (χ3n) is 11.2. The molecule has 5 aromatic rings. The van der Waals surface area contributed by atoms with Crippen molar-refractivity contribution in [2.45, 2.75) is 62.7 Å². The lowest BCUT2D eigenvalue weighted by atomic mass is 9.95. The summed E-state index contributed by atoms with van der Waals surface area (Å²) in [6.45, 7) is 5.89. The molecule has 0 unspecified atom stereocenters. The zero-order valence-electron chi connectivity index (χ0n) is 26.3. The Morgan fingerprint density at radius 2 is 1.57 bits per heavy atom. The Labute approximate surface area is 270 Å². The molecule has 4 fully saturated rings. The smallest absolute Gasteiger partial charge is 0.319 e. The van der Waals surface area contributed by atoms with Gasteiger partial charge in [0.15, 0.2) is 0 Å². The van der Waals surface area contributed by atoms with Crippen LogP contribution in [0.2, 0.25) is 0 Å². The van der Waals surface area contributed by atoms with Crippen LogP contribution in [0.15, 0.2) is 84.9 Å². The van der Waals surface area contributed by atoms with Gasteiger partial charge in [0, 0.05) is 37.1 Å². The lowest BCUT2D eigenvalue weighted by Crippen LogP contribution is -2.53. The zero-order valence-corrected chi connectivity index (χ0v) is 26.3. The van der Waals surface area contributed by atoms with Crippen molar-refractivity contribution in [1.29, 1.82) is 0 Å². The third-order valence-corrected chi connectivity index (χ3v) is 11.2. The van der Waals surface area contributed by atoms with E-state index in [2.05, 4.69) is 75.4 Å². The maximum Gasteiger partial charge on any atom is 0.319 e. The number of benzene rings is 4. The highest BCUT2D eigenvalue weighted by Gasteiger charge is 2.45. The summed E-state index contributed by atoms with van der Waals surface area (Å²) in [6, 6.07) is 30.8. The van der Waals surface area contributed by atoms with Gasteiger partial charge < -0.3 is 14.7 Å². The normalized spacial score (nSPS) is 22.6. The van der Waals surface area contributed by atoms with E-state index in [0.29, 0.717) is 24.7 Å². The average molecular weight is 612 g/mol. The molecule has 0 aliphatic carbocycles. The van der Waals surface area contributed by atoms with Crippen LogP contribution in [0.1, 0.15) is 44.1 Å². The maximum atomic E-state index is 10.6. The molecule has 4 aromatic carbocycles. The molecule has 4 aliphatic rings. The zero-order chi connectivity index (χ0) is 30.7. The second kappa shape index (κ2) is 11.2. The molecule has 2 atom stereocenters. The molecule has 4 saturated heterocycles. The van der Waals surface area contributed by atoms with E-state index < -0.39 is 0 Å². The van der Waals surface area contributed by atoms with Gasteiger partial charge in [-0.25, -0.2) is 0 Å². The molecule has 1 aromatic heterocycles. The van der Waals surface area contributed by atoms with Crippen molar-refractivity contribution >= 4 is 27.5 Å². The van der Waals surface area contributed by atoms with Crippen LogP contribution in [0.4, 0.5) is 5.82 Å².